The molecule has 0 heterocycles. The van der Waals surface area contributed by atoms with Gasteiger partial charge in [-0.05, 0) is 18.9 Å². The van der Waals surface area contributed by atoms with Gasteiger partial charge in [0, 0.05) is 7.11 Å². The summed E-state index contributed by atoms with van der Waals surface area (Å²) < 4.78 is 16.8. The molecule has 0 saturated carbocycles. The van der Waals surface area contributed by atoms with E-state index < -0.39 is 5.60 Å². The van der Waals surface area contributed by atoms with E-state index in [0.717, 1.165) is 31.2 Å². The largest absolute Gasteiger partial charge is 0.393 e. The quantitative estimate of drug-likeness (QED) is 0.474. The molecule has 0 amide bonds. The molecule has 0 aliphatic carbocycles. The highest BCUT2D eigenvalue weighted by Gasteiger charge is 2.35. The molecule has 0 spiro atoms. The first kappa shape index (κ1) is 19.1. The van der Waals surface area contributed by atoms with Crippen LogP contribution in [0.2, 0.25) is 0 Å². The summed E-state index contributed by atoms with van der Waals surface area (Å²) >= 11 is 0. The summed E-state index contributed by atoms with van der Waals surface area (Å²) in [6.45, 7) is 4.63. The third-order valence-electron chi connectivity index (χ3n) is 3.87. The van der Waals surface area contributed by atoms with E-state index in [-0.39, 0.29) is 19.5 Å². The summed E-state index contributed by atoms with van der Waals surface area (Å²) in [5.74, 6) is 0. The third-order valence-corrected chi connectivity index (χ3v) is 3.87. The van der Waals surface area contributed by atoms with Gasteiger partial charge in [-0.25, -0.2) is 0 Å². The van der Waals surface area contributed by atoms with Crippen LogP contribution in [0, 0.1) is 0 Å². The van der Waals surface area contributed by atoms with Crippen molar-refractivity contribution in [2.45, 2.75) is 57.8 Å². The molecule has 0 fully saturated rings. The van der Waals surface area contributed by atoms with Crippen LogP contribution < -0.4 is 0 Å². The predicted octanol–water partition coefficient (Wildman–Crippen LogP) is 3.52. The van der Waals surface area contributed by atoms with Crippen molar-refractivity contribution in [3.8, 4) is 0 Å². The van der Waals surface area contributed by atoms with Gasteiger partial charge in [-0.3, -0.25) is 0 Å². The Balaban J connectivity index is 2.67. The van der Waals surface area contributed by atoms with Crippen molar-refractivity contribution >= 4 is 0 Å². The first-order chi connectivity index (χ1) is 10.7. The molecular formula is C18H30O4. The molecule has 126 valence electrons. The molecule has 1 rings (SSSR count). The standard InChI is InChI=1S/C18H30O4/c1-4-5-7-12-17(18(2,14-19)22-15-20-3)21-13-16-10-8-6-9-11-16/h6,8-11,17,19H,4-5,7,12-15H2,1-3H3/t17-,18+/m1/s1. The van der Waals surface area contributed by atoms with E-state index in [1.807, 2.05) is 37.3 Å². The maximum Gasteiger partial charge on any atom is 0.147 e. The van der Waals surface area contributed by atoms with Crippen LogP contribution >= 0.6 is 0 Å². The van der Waals surface area contributed by atoms with Crippen LogP contribution in [-0.2, 0) is 20.8 Å². The predicted molar refractivity (Wildman–Crippen MR) is 87.6 cm³/mol. The molecule has 0 aromatic heterocycles. The second-order valence-corrected chi connectivity index (χ2v) is 5.80. The van der Waals surface area contributed by atoms with Gasteiger partial charge in [-0.2, -0.15) is 0 Å². The van der Waals surface area contributed by atoms with E-state index in [1.54, 1.807) is 7.11 Å². The second-order valence-electron chi connectivity index (χ2n) is 5.80. The van der Waals surface area contributed by atoms with Crippen molar-refractivity contribution in [2.24, 2.45) is 0 Å². The number of benzene rings is 1. The number of hydrogen-bond acceptors (Lipinski definition) is 4. The lowest BCUT2D eigenvalue weighted by Crippen LogP contribution is -2.47. The van der Waals surface area contributed by atoms with Gasteiger partial charge in [0.15, 0.2) is 0 Å². The normalized spacial score (nSPS) is 15.5. The number of rotatable bonds is 12. The van der Waals surface area contributed by atoms with Gasteiger partial charge >= 0.3 is 0 Å². The molecule has 0 saturated heterocycles. The number of unbranched alkanes of at least 4 members (excludes halogenated alkanes) is 2. The lowest BCUT2D eigenvalue weighted by Gasteiger charge is -2.36. The van der Waals surface area contributed by atoms with E-state index in [2.05, 4.69) is 6.92 Å². The van der Waals surface area contributed by atoms with E-state index in [1.165, 1.54) is 0 Å². The maximum atomic E-state index is 9.78. The smallest absolute Gasteiger partial charge is 0.147 e. The Morgan fingerprint density at radius 3 is 2.50 bits per heavy atom. The van der Waals surface area contributed by atoms with Crippen LogP contribution in [0.3, 0.4) is 0 Å². The molecule has 1 aromatic rings. The minimum absolute atomic E-state index is 0.0953. The molecule has 1 aromatic carbocycles. The monoisotopic (exact) mass is 310 g/mol. The fourth-order valence-electron chi connectivity index (χ4n) is 2.35. The number of hydrogen-bond donors (Lipinski definition) is 1. The Hall–Kier alpha value is -0.940. The van der Waals surface area contributed by atoms with Gasteiger partial charge in [-0.1, -0.05) is 56.5 Å². The summed E-state index contributed by atoms with van der Waals surface area (Å²) in [4.78, 5) is 0. The van der Waals surface area contributed by atoms with Crippen molar-refractivity contribution in [1.82, 2.24) is 0 Å². The first-order valence-electron chi connectivity index (χ1n) is 8.05. The van der Waals surface area contributed by atoms with Crippen molar-refractivity contribution in [1.29, 1.82) is 0 Å². The van der Waals surface area contributed by atoms with Crippen molar-refractivity contribution in [3.63, 3.8) is 0 Å². The number of aliphatic hydroxyl groups excluding tert-OH is 1. The average molecular weight is 310 g/mol. The van der Waals surface area contributed by atoms with Crippen LogP contribution in [0.5, 0.6) is 0 Å². The summed E-state index contributed by atoms with van der Waals surface area (Å²) in [5, 5.41) is 9.78. The van der Waals surface area contributed by atoms with Crippen molar-refractivity contribution in [3.05, 3.63) is 35.9 Å². The molecule has 4 heteroatoms. The zero-order valence-corrected chi connectivity index (χ0v) is 14.1. The van der Waals surface area contributed by atoms with Gasteiger partial charge in [0.2, 0.25) is 0 Å². The Labute approximate surface area is 134 Å². The van der Waals surface area contributed by atoms with E-state index in [0.29, 0.717) is 6.61 Å². The molecule has 2 atom stereocenters. The third kappa shape index (κ3) is 6.44. The van der Waals surface area contributed by atoms with Crippen LogP contribution in [0.25, 0.3) is 0 Å². The molecule has 0 unspecified atom stereocenters. The zero-order chi connectivity index (χ0) is 16.3. The lowest BCUT2D eigenvalue weighted by atomic mass is 9.94. The highest BCUT2D eigenvalue weighted by Crippen LogP contribution is 2.24. The van der Waals surface area contributed by atoms with E-state index >= 15 is 0 Å². The number of methoxy groups -OCH3 is 1. The Kier molecular flexibility index (Phi) is 9.32. The molecule has 0 aliphatic heterocycles. The van der Waals surface area contributed by atoms with Crippen LogP contribution in [0.15, 0.2) is 30.3 Å². The second kappa shape index (κ2) is 10.7. The zero-order valence-electron chi connectivity index (χ0n) is 14.1. The summed E-state index contributed by atoms with van der Waals surface area (Å²) in [7, 11) is 1.58. The first-order valence-corrected chi connectivity index (χ1v) is 8.05. The summed E-state index contributed by atoms with van der Waals surface area (Å²) in [6.07, 6.45) is 4.06. The van der Waals surface area contributed by atoms with E-state index in [9.17, 15) is 5.11 Å². The van der Waals surface area contributed by atoms with Crippen LogP contribution in [-0.4, -0.2) is 37.3 Å². The highest BCUT2D eigenvalue weighted by atomic mass is 16.7. The Morgan fingerprint density at radius 2 is 1.91 bits per heavy atom. The van der Waals surface area contributed by atoms with Crippen LogP contribution in [0.4, 0.5) is 0 Å². The van der Waals surface area contributed by atoms with Gasteiger partial charge < -0.3 is 19.3 Å². The summed E-state index contributed by atoms with van der Waals surface area (Å²) in [6, 6.07) is 10.1. The minimum Gasteiger partial charge on any atom is -0.393 e. The van der Waals surface area contributed by atoms with Gasteiger partial charge in [0.05, 0.1) is 19.3 Å². The molecule has 4 nitrogen and oxygen atoms in total. The lowest BCUT2D eigenvalue weighted by molar-refractivity contribution is -0.201. The molecule has 0 aliphatic rings. The van der Waals surface area contributed by atoms with Gasteiger partial charge in [0.1, 0.15) is 12.4 Å². The Bertz CT molecular complexity index is 382. The number of aliphatic hydroxyl groups is 1. The topological polar surface area (TPSA) is 47.9 Å². The van der Waals surface area contributed by atoms with Crippen LogP contribution in [0.1, 0.15) is 45.1 Å². The fourth-order valence-corrected chi connectivity index (χ4v) is 2.35. The van der Waals surface area contributed by atoms with Crippen molar-refractivity contribution in [2.75, 3.05) is 20.5 Å². The molecule has 1 N–H and O–H groups in total. The molecule has 0 radical (unpaired) electrons. The van der Waals surface area contributed by atoms with Gasteiger partial charge in [0.25, 0.3) is 0 Å². The average Bonchev–Trinajstić information content (AvgIpc) is 2.56. The highest BCUT2D eigenvalue weighted by molar-refractivity contribution is 5.13. The number of ether oxygens (including phenoxy) is 3. The van der Waals surface area contributed by atoms with Gasteiger partial charge in [-0.15, -0.1) is 0 Å². The minimum atomic E-state index is -0.751. The SMILES string of the molecule is CCCCC[C@@H](OCc1ccccc1)[C@](C)(CO)OCOC. The molecule has 22 heavy (non-hydrogen) atoms. The van der Waals surface area contributed by atoms with Crippen molar-refractivity contribution < 1.29 is 19.3 Å². The molecular weight excluding hydrogens is 280 g/mol. The maximum absolute atomic E-state index is 9.78. The summed E-state index contributed by atoms with van der Waals surface area (Å²) in [5.41, 5.74) is 0.369. The fraction of sp³-hybridized carbons (Fsp3) is 0.667. The van der Waals surface area contributed by atoms with E-state index in [4.69, 9.17) is 14.2 Å². The molecule has 0 bridgehead atoms. The Morgan fingerprint density at radius 1 is 1.18 bits per heavy atom.